The Morgan fingerprint density at radius 3 is 3.00 bits per heavy atom. The molecule has 0 aromatic carbocycles. The Hall–Kier alpha value is -1.12. The third-order valence-electron chi connectivity index (χ3n) is 1.75. The van der Waals surface area contributed by atoms with Crippen molar-refractivity contribution in [3.8, 4) is 5.88 Å². The first-order valence-electron chi connectivity index (χ1n) is 4.76. The predicted molar refractivity (Wildman–Crippen MR) is 50.5 cm³/mol. The molecule has 0 aliphatic rings. The van der Waals surface area contributed by atoms with E-state index < -0.39 is 0 Å². The van der Waals surface area contributed by atoms with Crippen LogP contribution in [0.3, 0.4) is 0 Å². The molecule has 0 saturated heterocycles. The quantitative estimate of drug-likeness (QED) is 0.628. The van der Waals surface area contributed by atoms with Gasteiger partial charge in [-0.1, -0.05) is 26.2 Å². The summed E-state index contributed by atoms with van der Waals surface area (Å²) in [6.45, 7) is 2.93. The molecule has 0 saturated carbocycles. The lowest BCUT2D eigenvalue weighted by Crippen LogP contribution is -1.99. The van der Waals surface area contributed by atoms with E-state index in [0.717, 1.165) is 13.0 Å². The lowest BCUT2D eigenvalue weighted by Gasteiger charge is -2.02. The molecule has 0 aliphatic heterocycles. The molecule has 0 amide bonds. The predicted octanol–water partition coefficient (Wildman–Crippen LogP) is 2.24. The van der Waals surface area contributed by atoms with Crippen LogP contribution < -0.4 is 4.74 Å². The van der Waals surface area contributed by atoms with E-state index in [1.165, 1.54) is 19.3 Å². The first kappa shape index (κ1) is 9.96. The highest BCUT2D eigenvalue weighted by Crippen LogP contribution is 2.04. The van der Waals surface area contributed by atoms with E-state index in [1.54, 1.807) is 12.1 Å². The van der Waals surface area contributed by atoms with E-state index in [2.05, 4.69) is 23.3 Å². The fourth-order valence-electron chi connectivity index (χ4n) is 1.04. The standard InChI is InChI=1S/C10H15N2O/c1-2-3-4-5-9-13-10-7-6-8-11-12-10/h6-7H,2-5,9H2,1H3. The maximum atomic E-state index is 5.36. The highest BCUT2D eigenvalue weighted by Gasteiger charge is 1.93. The van der Waals surface area contributed by atoms with Gasteiger partial charge >= 0.3 is 0 Å². The Morgan fingerprint density at radius 2 is 2.31 bits per heavy atom. The van der Waals surface area contributed by atoms with Crippen LogP contribution >= 0.6 is 0 Å². The second-order valence-corrected chi connectivity index (χ2v) is 2.91. The van der Waals surface area contributed by atoms with Crippen LogP contribution in [0.4, 0.5) is 0 Å². The summed E-state index contributed by atoms with van der Waals surface area (Å²) in [5.74, 6) is 0.593. The molecule has 1 rings (SSSR count). The summed E-state index contributed by atoms with van der Waals surface area (Å²) < 4.78 is 5.36. The first-order valence-corrected chi connectivity index (χ1v) is 4.76. The third kappa shape index (κ3) is 4.45. The van der Waals surface area contributed by atoms with Gasteiger partial charge in [0.15, 0.2) is 0 Å². The Bertz CT molecular complexity index is 213. The zero-order valence-corrected chi connectivity index (χ0v) is 7.99. The molecule has 0 unspecified atom stereocenters. The molecule has 1 radical (unpaired) electrons. The van der Waals surface area contributed by atoms with Crippen LogP contribution in [0.15, 0.2) is 12.1 Å². The fraction of sp³-hybridized carbons (Fsp3) is 0.600. The molecule has 0 fully saturated rings. The molecule has 0 bridgehead atoms. The van der Waals surface area contributed by atoms with Gasteiger partial charge in [0.1, 0.15) is 6.20 Å². The number of unbranched alkanes of at least 4 members (excludes halogenated alkanes) is 3. The van der Waals surface area contributed by atoms with Crippen molar-refractivity contribution in [2.24, 2.45) is 0 Å². The molecule has 3 nitrogen and oxygen atoms in total. The highest BCUT2D eigenvalue weighted by atomic mass is 16.5. The summed E-state index contributed by atoms with van der Waals surface area (Å²) >= 11 is 0. The van der Waals surface area contributed by atoms with Crippen LogP contribution in [0, 0.1) is 6.20 Å². The molecular weight excluding hydrogens is 164 g/mol. The monoisotopic (exact) mass is 179 g/mol. The summed E-state index contributed by atoms with van der Waals surface area (Å²) in [6, 6.07) is 3.47. The van der Waals surface area contributed by atoms with Crippen LogP contribution in [-0.4, -0.2) is 16.8 Å². The largest absolute Gasteiger partial charge is 0.477 e. The van der Waals surface area contributed by atoms with Crippen molar-refractivity contribution in [3.05, 3.63) is 18.3 Å². The van der Waals surface area contributed by atoms with Crippen LogP contribution in [0.1, 0.15) is 32.6 Å². The van der Waals surface area contributed by atoms with Crippen LogP contribution in [0.2, 0.25) is 0 Å². The van der Waals surface area contributed by atoms with E-state index in [4.69, 9.17) is 4.74 Å². The lowest BCUT2D eigenvalue weighted by atomic mass is 10.2. The average Bonchev–Trinajstić information content (AvgIpc) is 2.19. The van der Waals surface area contributed by atoms with Gasteiger partial charge in [0.05, 0.1) is 6.61 Å². The Morgan fingerprint density at radius 1 is 1.38 bits per heavy atom. The number of rotatable bonds is 6. The van der Waals surface area contributed by atoms with Crippen molar-refractivity contribution >= 4 is 0 Å². The molecule has 71 valence electrons. The minimum absolute atomic E-state index is 0.593. The zero-order valence-electron chi connectivity index (χ0n) is 7.99. The lowest BCUT2D eigenvalue weighted by molar-refractivity contribution is 0.290. The summed E-state index contributed by atoms with van der Waals surface area (Å²) in [5.41, 5.74) is 0. The van der Waals surface area contributed by atoms with Gasteiger partial charge in [-0.05, 0) is 12.5 Å². The normalized spacial score (nSPS) is 9.92. The van der Waals surface area contributed by atoms with Gasteiger partial charge in [0, 0.05) is 6.07 Å². The highest BCUT2D eigenvalue weighted by molar-refractivity contribution is 5.04. The third-order valence-corrected chi connectivity index (χ3v) is 1.75. The van der Waals surface area contributed by atoms with Gasteiger partial charge in [0.25, 0.3) is 0 Å². The van der Waals surface area contributed by atoms with E-state index in [-0.39, 0.29) is 0 Å². The van der Waals surface area contributed by atoms with Crippen molar-refractivity contribution in [1.82, 2.24) is 10.2 Å². The van der Waals surface area contributed by atoms with Crippen LogP contribution in [0.25, 0.3) is 0 Å². The first-order chi connectivity index (χ1) is 6.43. The van der Waals surface area contributed by atoms with E-state index in [9.17, 15) is 0 Å². The molecule has 1 heterocycles. The number of nitrogens with zero attached hydrogens (tertiary/aromatic N) is 2. The summed E-state index contributed by atoms with van der Waals surface area (Å²) in [7, 11) is 0. The summed E-state index contributed by atoms with van der Waals surface area (Å²) in [6.07, 6.45) is 7.44. The number of hydrogen-bond acceptors (Lipinski definition) is 3. The summed E-state index contributed by atoms with van der Waals surface area (Å²) in [4.78, 5) is 0. The molecule has 13 heavy (non-hydrogen) atoms. The minimum atomic E-state index is 0.593. The van der Waals surface area contributed by atoms with Crippen LogP contribution in [-0.2, 0) is 0 Å². The molecular formula is C10H15N2O. The van der Waals surface area contributed by atoms with Gasteiger partial charge in [-0.2, -0.15) is 0 Å². The van der Waals surface area contributed by atoms with Crippen LogP contribution in [0.5, 0.6) is 5.88 Å². The van der Waals surface area contributed by atoms with Crippen molar-refractivity contribution in [2.75, 3.05) is 6.61 Å². The fourth-order valence-corrected chi connectivity index (χ4v) is 1.04. The van der Waals surface area contributed by atoms with Gasteiger partial charge in [-0.25, -0.2) is 0 Å². The average molecular weight is 179 g/mol. The van der Waals surface area contributed by atoms with E-state index >= 15 is 0 Å². The maximum absolute atomic E-state index is 5.36. The maximum Gasteiger partial charge on any atom is 0.233 e. The molecule has 1 aromatic rings. The second kappa shape index (κ2) is 6.40. The van der Waals surface area contributed by atoms with Crippen molar-refractivity contribution < 1.29 is 4.74 Å². The molecule has 3 heteroatoms. The molecule has 0 N–H and O–H groups in total. The molecule has 0 aliphatic carbocycles. The van der Waals surface area contributed by atoms with Gasteiger partial charge in [-0.15, -0.1) is 10.2 Å². The molecule has 0 spiro atoms. The Kier molecular flexibility index (Phi) is 4.91. The van der Waals surface area contributed by atoms with Gasteiger partial charge in [0.2, 0.25) is 5.88 Å². The molecule has 1 aromatic heterocycles. The Labute approximate surface area is 79.1 Å². The van der Waals surface area contributed by atoms with Gasteiger partial charge < -0.3 is 4.74 Å². The summed E-state index contributed by atoms with van der Waals surface area (Å²) in [5, 5.41) is 7.37. The molecule has 0 atom stereocenters. The van der Waals surface area contributed by atoms with Gasteiger partial charge in [-0.3, -0.25) is 0 Å². The zero-order chi connectivity index (χ0) is 9.36. The SMILES string of the molecule is CCCCCCOc1cc[c]nn1. The van der Waals surface area contributed by atoms with Crippen molar-refractivity contribution in [2.45, 2.75) is 32.6 Å². The number of hydrogen-bond donors (Lipinski definition) is 0. The van der Waals surface area contributed by atoms with Crippen molar-refractivity contribution in [3.63, 3.8) is 0 Å². The van der Waals surface area contributed by atoms with Crippen molar-refractivity contribution in [1.29, 1.82) is 0 Å². The number of ether oxygens (including phenoxy) is 1. The van der Waals surface area contributed by atoms with E-state index in [0.29, 0.717) is 5.88 Å². The minimum Gasteiger partial charge on any atom is -0.477 e. The number of aromatic nitrogens is 2. The topological polar surface area (TPSA) is 35.0 Å². The second-order valence-electron chi connectivity index (χ2n) is 2.91. The Balaban J connectivity index is 2.07. The van der Waals surface area contributed by atoms with E-state index in [1.807, 2.05) is 0 Å². The smallest absolute Gasteiger partial charge is 0.233 e.